The number of aryl methyl sites for hydroxylation is 1. The third-order valence-corrected chi connectivity index (χ3v) is 13.2. The molecule has 1 aliphatic rings. The van der Waals surface area contributed by atoms with Gasteiger partial charge in [-0.1, -0.05) is 195 Å². The number of nitrogens with zero attached hydrogens (tertiary/aromatic N) is 3. The number of likely N-dealkylation sites (N-methyl/N-ethyl adjacent to an activating group) is 1. The summed E-state index contributed by atoms with van der Waals surface area (Å²) < 4.78 is 0. The van der Waals surface area contributed by atoms with Crippen LogP contribution in [0.5, 0.6) is 0 Å². The van der Waals surface area contributed by atoms with Crippen LogP contribution in [0.4, 0.5) is 5.69 Å². The zero-order valence-corrected chi connectivity index (χ0v) is 37.4. The molecule has 3 nitrogen and oxygen atoms in total. The number of pyridine rings is 2. The summed E-state index contributed by atoms with van der Waals surface area (Å²) in [5, 5.41) is 2.38. The standard InChI is InChI=1S/C62H55N3/c1-47-37-38-55-53(34-23-41-63-55)59(47)61(43-49-26-14-9-15-27-49,44-50-28-16-10-17-29-50)48(2)25-13-7-5-4-6-8-22-36-58-62(45-51-30-18-11-19-31-51,46-52-32-20-12-21-33-52)60-54-35-24-42-64-56(54)39-40-57(60)65(58)3/h4-42H,2,43-46H2,1,3H3/b6-4+,7-5+,22-8+,25-13+,58-36+. The largest absolute Gasteiger partial charge is 0.347 e. The smallest absolute Gasteiger partial charge is 0.0706 e. The van der Waals surface area contributed by atoms with E-state index in [0.717, 1.165) is 42.3 Å². The molecule has 0 saturated heterocycles. The van der Waals surface area contributed by atoms with Crippen molar-refractivity contribution in [3.05, 3.63) is 294 Å². The van der Waals surface area contributed by atoms with E-state index in [1.165, 1.54) is 61.1 Å². The van der Waals surface area contributed by atoms with E-state index in [1.54, 1.807) is 0 Å². The molecule has 65 heavy (non-hydrogen) atoms. The molecule has 0 radical (unpaired) electrons. The minimum atomic E-state index is -0.433. The molecule has 2 aromatic heterocycles. The third kappa shape index (κ3) is 8.96. The van der Waals surface area contributed by atoms with Crippen LogP contribution in [0.3, 0.4) is 0 Å². The number of rotatable bonds is 15. The van der Waals surface area contributed by atoms with Gasteiger partial charge in [0.25, 0.3) is 0 Å². The number of benzene rings is 6. The first-order chi connectivity index (χ1) is 31.9. The fourth-order valence-electron chi connectivity index (χ4n) is 10.3. The van der Waals surface area contributed by atoms with Gasteiger partial charge in [0, 0.05) is 52.4 Å². The first kappa shape index (κ1) is 42.7. The Bertz CT molecular complexity index is 2980. The van der Waals surface area contributed by atoms with Crippen molar-refractivity contribution in [2.45, 2.75) is 43.4 Å². The second-order valence-corrected chi connectivity index (χ2v) is 17.3. The van der Waals surface area contributed by atoms with Crippen LogP contribution < -0.4 is 4.90 Å². The van der Waals surface area contributed by atoms with Gasteiger partial charge < -0.3 is 4.90 Å². The van der Waals surface area contributed by atoms with Crippen molar-refractivity contribution in [1.29, 1.82) is 0 Å². The predicted octanol–water partition coefficient (Wildman–Crippen LogP) is 14.4. The predicted molar refractivity (Wildman–Crippen MR) is 274 cm³/mol. The number of hydrogen-bond acceptors (Lipinski definition) is 3. The Morgan fingerprint density at radius 3 is 1.58 bits per heavy atom. The quantitative estimate of drug-likeness (QED) is 0.0963. The van der Waals surface area contributed by atoms with Gasteiger partial charge in [-0.3, -0.25) is 9.97 Å². The van der Waals surface area contributed by atoms with Crippen LogP contribution in [0.15, 0.2) is 255 Å². The van der Waals surface area contributed by atoms with Gasteiger partial charge in [-0.25, -0.2) is 0 Å². The van der Waals surface area contributed by atoms with Gasteiger partial charge in [0.1, 0.15) is 0 Å². The van der Waals surface area contributed by atoms with Crippen molar-refractivity contribution < 1.29 is 0 Å². The molecule has 0 unspecified atom stereocenters. The molecule has 3 heterocycles. The highest BCUT2D eigenvalue weighted by Gasteiger charge is 2.47. The van der Waals surface area contributed by atoms with Crippen LogP contribution in [0.25, 0.3) is 21.8 Å². The maximum Gasteiger partial charge on any atom is 0.0706 e. The van der Waals surface area contributed by atoms with Crippen LogP contribution in [0.1, 0.15) is 38.9 Å². The second kappa shape index (κ2) is 19.4. The molecule has 0 aliphatic carbocycles. The topological polar surface area (TPSA) is 29.0 Å². The van der Waals surface area contributed by atoms with Gasteiger partial charge in [0.15, 0.2) is 0 Å². The van der Waals surface area contributed by atoms with E-state index in [2.05, 4.69) is 243 Å². The molecule has 0 bridgehead atoms. The Morgan fingerprint density at radius 2 is 1.02 bits per heavy atom. The highest BCUT2D eigenvalue weighted by molar-refractivity contribution is 5.93. The van der Waals surface area contributed by atoms with Crippen molar-refractivity contribution in [2.75, 3.05) is 11.9 Å². The summed E-state index contributed by atoms with van der Waals surface area (Å²) in [6.45, 7) is 7.09. The third-order valence-electron chi connectivity index (χ3n) is 13.2. The first-order valence-electron chi connectivity index (χ1n) is 22.7. The zero-order chi connectivity index (χ0) is 44.5. The van der Waals surface area contributed by atoms with E-state index < -0.39 is 5.41 Å². The molecule has 0 saturated carbocycles. The summed E-state index contributed by atoms with van der Waals surface area (Å²) in [4.78, 5) is 12.0. The van der Waals surface area contributed by atoms with Gasteiger partial charge in [-0.2, -0.15) is 0 Å². The molecule has 1 aliphatic heterocycles. The van der Waals surface area contributed by atoms with E-state index >= 15 is 0 Å². The molecule has 0 amide bonds. The van der Waals surface area contributed by atoms with Gasteiger partial charge in [-0.05, 0) is 114 Å². The molecule has 0 fully saturated rings. The molecule has 318 valence electrons. The monoisotopic (exact) mass is 841 g/mol. The van der Waals surface area contributed by atoms with Crippen LogP contribution in [-0.2, 0) is 36.5 Å². The number of fused-ring (bicyclic) bond motifs is 4. The second-order valence-electron chi connectivity index (χ2n) is 17.3. The molecule has 0 atom stereocenters. The summed E-state index contributed by atoms with van der Waals surface area (Å²) in [7, 11) is 2.21. The number of anilines is 1. The Kier molecular flexibility index (Phi) is 12.7. The van der Waals surface area contributed by atoms with Gasteiger partial charge >= 0.3 is 0 Å². The van der Waals surface area contributed by atoms with Gasteiger partial charge in [0.05, 0.1) is 11.0 Å². The van der Waals surface area contributed by atoms with Crippen LogP contribution in [-0.4, -0.2) is 17.0 Å². The summed E-state index contributed by atoms with van der Waals surface area (Å²) in [5.41, 5.74) is 13.8. The number of allylic oxidation sites excluding steroid dienone is 11. The highest BCUT2D eigenvalue weighted by Crippen LogP contribution is 2.53. The lowest BCUT2D eigenvalue weighted by atomic mass is 9.64. The average molecular weight is 842 g/mol. The molecule has 8 aromatic rings. The Balaban J connectivity index is 1.02. The fourth-order valence-corrected chi connectivity index (χ4v) is 10.3. The lowest BCUT2D eigenvalue weighted by Crippen LogP contribution is -2.34. The lowest BCUT2D eigenvalue weighted by molar-refractivity contribution is 0.508. The van der Waals surface area contributed by atoms with Crippen molar-refractivity contribution >= 4 is 27.5 Å². The molecule has 6 aromatic carbocycles. The summed E-state index contributed by atoms with van der Waals surface area (Å²) in [5.74, 6) is 0. The Morgan fingerprint density at radius 1 is 0.538 bits per heavy atom. The van der Waals surface area contributed by atoms with E-state index in [-0.39, 0.29) is 5.41 Å². The van der Waals surface area contributed by atoms with E-state index in [0.29, 0.717) is 0 Å². The van der Waals surface area contributed by atoms with Crippen LogP contribution in [0, 0.1) is 6.92 Å². The SMILES string of the molecule is C=C(/C=C/C=C/C=C/C=C/C=C1/N(C)c2ccc3ncccc3c2C1(Cc1ccccc1)Cc1ccccc1)C(Cc1ccccc1)(Cc1ccccc1)c1c(C)ccc2ncccc12. The molecule has 0 N–H and O–H groups in total. The van der Waals surface area contributed by atoms with Crippen molar-refractivity contribution in [2.24, 2.45) is 0 Å². The molecule has 9 rings (SSSR count). The molecular weight excluding hydrogens is 787 g/mol. The first-order valence-corrected chi connectivity index (χ1v) is 22.7. The normalized spacial score (nSPS) is 14.5. The Hall–Kier alpha value is -7.62. The van der Waals surface area contributed by atoms with Gasteiger partial charge in [-0.15, -0.1) is 0 Å². The number of hydrogen-bond donors (Lipinski definition) is 0. The van der Waals surface area contributed by atoms with Gasteiger partial charge in [0.2, 0.25) is 0 Å². The maximum absolute atomic E-state index is 4.86. The van der Waals surface area contributed by atoms with Crippen LogP contribution in [0.2, 0.25) is 0 Å². The zero-order valence-electron chi connectivity index (χ0n) is 37.4. The minimum absolute atomic E-state index is 0.326. The van der Waals surface area contributed by atoms with Crippen molar-refractivity contribution in [3.63, 3.8) is 0 Å². The van der Waals surface area contributed by atoms with E-state index in [9.17, 15) is 0 Å². The summed E-state index contributed by atoms with van der Waals surface area (Å²) >= 11 is 0. The molecule has 3 heteroatoms. The average Bonchev–Trinajstić information content (AvgIpc) is 3.57. The molecular formula is C62H55N3. The fraction of sp³-hybridized carbons (Fsp3) is 0.129. The highest BCUT2D eigenvalue weighted by atomic mass is 15.2. The molecule has 0 spiro atoms. The van der Waals surface area contributed by atoms with Crippen LogP contribution >= 0.6 is 0 Å². The minimum Gasteiger partial charge on any atom is -0.347 e. The number of aromatic nitrogens is 2. The van der Waals surface area contributed by atoms with Crippen molar-refractivity contribution in [1.82, 2.24) is 9.97 Å². The summed E-state index contributed by atoms with van der Waals surface area (Å²) in [6.07, 6.45) is 26.5. The van der Waals surface area contributed by atoms with E-state index in [1.807, 2.05) is 12.4 Å². The maximum atomic E-state index is 4.86. The lowest BCUT2D eigenvalue weighted by Gasteiger charge is -2.38. The van der Waals surface area contributed by atoms with Crippen molar-refractivity contribution in [3.8, 4) is 0 Å². The summed E-state index contributed by atoms with van der Waals surface area (Å²) in [6, 6.07) is 60.8. The van der Waals surface area contributed by atoms with E-state index in [4.69, 9.17) is 16.5 Å². The Labute approximate surface area is 384 Å².